The number of hydrogen-bond donors (Lipinski definition) is 2. The van der Waals surface area contributed by atoms with E-state index in [0.717, 1.165) is 22.6 Å². The number of fused-ring (bicyclic) bond motifs is 2. The molecule has 7 nitrogen and oxygen atoms in total. The number of amides is 1. The van der Waals surface area contributed by atoms with E-state index < -0.39 is 0 Å². The van der Waals surface area contributed by atoms with Gasteiger partial charge in [0.05, 0.1) is 5.92 Å². The van der Waals surface area contributed by atoms with E-state index in [2.05, 4.69) is 32.7 Å². The number of amidine groups is 1. The molecule has 0 saturated carbocycles. The van der Waals surface area contributed by atoms with Crippen molar-refractivity contribution in [1.82, 2.24) is 9.80 Å². The highest BCUT2D eigenvalue weighted by Crippen LogP contribution is 2.56. The summed E-state index contributed by atoms with van der Waals surface area (Å²) >= 11 is 0. The summed E-state index contributed by atoms with van der Waals surface area (Å²) < 4.78 is 10.9. The third-order valence-electron chi connectivity index (χ3n) is 7.80. The molecule has 0 radical (unpaired) electrons. The Morgan fingerprint density at radius 2 is 1.84 bits per heavy atom. The number of ether oxygens (including phenoxy) is 2. The quantitative estimate of drug-likeness (QED) is 0.570. The first-order valence-corrected chi connectivity index (χ1v) is 11.1. The number of carbonyl (C=O) groups excluding carboxylic acids is 1. The van der Waals surface area contributed by atoms with Crippen molar-refractivity contribution in [3.8, 4) is 11.5 Å². The molecule has 1 amide bonds. The molecule has 32 heavy (non-hydrogen) atoms. The first-order chi connectivity index (χ1) is 15.2. The molecule has 2 aromatic rings. The average molecular weight is 435 g/mol. The van der Waals surface area contributed by atoms with E-state index in [-0.39, 0.29) is 48.0 Å². The second-order valence-electron chi connectivity index (χ2n) is 9.69. The monoisotopic (exact) mass is 434 g/mol. The van der Waals surface area contributed by atoms with Gasteiger partial charge < -0.3 is 20.1 Å². The van der Waals surface area contributed by atoms with E-state index in [0.29, 0.717) is 12.1 Å². The summed E-state index contributed by atoms with van der Waals surface area (Å²) in [7, 11) is 2.12. The van der Waals surface area contributed by atoms with Crippen LogP contribution < -0.4 is 15.2 Å². The summed E-state index contributed by atoms with van der Waals surface area (Å²) in [5.74, 6) is 1.82. The third-order valence-corrected chi connectivity index (χ3v) is 7.80. The minimum atomic E-state index is -0.146. The summed E-state index contributed by atoms with van der Waals surface area (Å²) in [6, 6.07) is 13.8. The van der Waals surface area contributed by atoms with E-state index in [9.17, 15) is 4.79 Å². The minimum absolute atomic E-state index is 0.0206. The second kappa shape index (κ2) is 7.24. The maximum absolute atomic E-state index is 13.8. The third kappa shape index (κ3) is 2.98. The number of carbonyl (C=O) groups is 1. The molecular formula is C25H30N4O3. The van der Waals surface area contributed by atoms with E-state index in [1.54, 1.807) is 0 Å². The van der Waals surface area contributed by atoms with Gasteiger partial charge in [-0.25, -0.2) is 0 Å². The predicted molar refractivity (Wildman–Crippen MR) is 122 cm³/mol. The van der Waals surface area contributed by atoms with Crippen LogP contribution in [0.2, 0.25) is 0 Å². The summed E-state index contributed by atoms with van der Waals surface area (Å²) in [6.07, 6.45) is 0. The van der Waals surface area contributed by atoms with Crippen molar-refractivity contribution < 1.29 is 14.3 Å². The Bertz CT molecular complexity index is 1080. The maximum atomic E-state index is 13.8. The van der Waals surface area contributed by atoms with Crippen LogP contribution in [0.25, 0.3) is 0 Å². The van der Waals surface area contributed by atoms with Gasteiger partial charge in [-0.2, -0.15) is 0 Å². The van der Waals surface area contributed by atoms with Crippen molar-refractivity contribution in [3.05, 3.63) is 59.2 Å². The van der Waals surface area contributed by atoms with Crippen molar-refractivity contribution in [1.29, 1.82) is 5.41 Å². The van der Waals surface area contributed by atoms with Crippen molar-refractivity contribution in [2.24, 2.45) is 17.6 Å². The molecular weight excluding hydrogens is 404 g/mol. The Kier molecular flexibility index (Phi) is 4.71. The van der Waals surface area contributed by atoms with Gasteiger partial charge in [0.25, 0.3) is 0 Å². The summed E-state index contributed by atoms with van der Waals surface area (Å²) in [6.45, 7) is 7.45. The van der Waals surface area contributed by atoms with Gasteiger partial charge in [0.2, 0.25) is 12.7 Å². The van der Waals surface area contributed by atoms with Crippen LogP contribution >= 0.6 is 0 Å². The molecule has 3 aliphatic heterocycles. The lowest BCUT2D eigenvalue weighted by Gasteiger charge is -2.39. The predicted octanol–water partition coefficient (Wildman–Crippen LogP) is 3.13. The number of nitrogens with zero attached hydrogens (tertiary/aromatic N) is 2. The number of nitrogens with one attached hydrogen (secondary N) is 1. The van der Waals surface area contributed by atoms with Gasteiger partial charge >= 0.3 is 0 Å². The van der Waals surface area contributed by atoms with E-state index in [1.165, 1.54) is 0 Å². The normalized spacial score (nSPS) is 28.2. The van der Waals surface area contributed by atoms with Crippen LogP contribution in [0.3, 0.4) is 0 Å². The fourth-order valence-electron chi connectivity index (χ4n) is 5.98. The van der Waals surface area contributed by atoms with Gasteiger partial charge in [-0.1, -0.05) is 30.3 Å². The molecule has 0 spiro atoms. The number of nitrogen functional groups attached to an aromatic ring is 1. The van der Waals surface area contributed by atoms with Crippen LogP contribution in [0.5, 0.6) is 11.5 Å². The standard InChI is InChI=1S/C25H30N4O3/c1-14-21-20(24(30)29(14)12-15-5-10-18-19(11-15)32-13-31-18)22(28(4)25(21,2)3)16-6-8-17(9-7-16)23(26)27/h5-11,14,20-22H,12-13H2,1-4H3,(H3,26,27)/t14-,20+,21-,22+/m0/s1. The number of hydrogen-bond acceptors (Lipinski definition) is 5. The zero-order valence-corrected chi connectivity index (χ0v) is 19.0. The Morgan fingerprint density at radius 1 is 1.16 bits per heavy atom. The number of rotatable bonds is 4. The fraction of sp³-hybridized carbons (Fsp3) is 0.440. The molecule has 2 aromatic carbocycles. The highest BCUT2D eigenvalue weighted by Gasteiger charge is 2.62. The number of benzene rings is 2. The first kappa shape index (κ1) is 20.8. The number of nitrogens with two attached hydrogens (primary N) is 1. The lowest BCUT2D eigenvalue weighted by Crippen LogP contribution is -2.47. The van der Waals surface area contributed by atoms with Crippen LogP contribution in [0.4, 0.5) is 0 Å². The second-order valence-corrected chi connectivity index (χ2v) is 9.69. The van der Waals surface area contributed by atoms with Gasteiger partial charge in [0.15, 0.2) is 11.5 Å². The highest BCUT2D eigenvalue weighted by atomic mass is 16.7. The molecule has 168 valence electrons. The van der Waals surface area contributed by atoms with Gasteiger partial charge in [-0.15, -0.1) is 0 Å². The fourth-order valence-corrected chi connectivity index (χ4v) is 5.98. The maximum Gasteiger partial charge on any atom is 0.231 e. The van der Waals surface area contributed by atoms with E-state index in [1.807, 2.05) is 47.4 Å². The Morgan fingerprint density at radius 3 is 2.53 bits per heavy atom. The van der Waals surface area contributed by atoms with Gasteiger partial charge in [0.1, 0.15) is 5.84 Å². The lowest BCUT2D eigenvalue weighted by atomic mass is 9.78. The average Bonchev–Trinajstić information content (AvgIpc) is 3.38. The molecule has 0 aliphatic carbocycles. The zero-order chi connectivity index (χ0) is 22.8. The van der Waals surface area contributed by atoms with Crippen LogP contribution in [-0.2, 0) is 11.3 Å². The molecule has 2 saturated heterocycles. The van der Waals surface area contributed by atoms with Crippen molar-refractivity contribution >= 4 is 11.7 Å². The van der Waals surface area contributed by atoms with Crippen LogP contribution in [0, 0.1) is 17.2 Å². The van der Waals surface area contributed by atoms with Gasteiger partial charge in [-0.05, 0) is 51.1 Å². The molecule has 0 unspecified atom stereocenters. The van der Waals surface area contributed by atoms with Crippen LogP contribution in [0.15, 0.2) is 42.5 Å². The molecule has 2 fully saturated rings. The first-order valence-electron chi connectivity index (χ1n) is 11.1. The molecule has 7 heteroatoms. The Hall–Kier alpha value is -3.06. The summed E-state index contributed by atoms with van der Waals surface area (Å²) in [5, 5.41) is 7.66. The summed E-state index contributed by atoms with van der Waals surface area (Å²) in [4.78, 5) is 18.2. The number of likely N-dealkylation sites (tertiary alicyclic amines) is 2. The summed E-state index contributed by atoms with van der Waals surface area (Å²) in [5.41, 5.74) is 8.31. The van der Waals surface area contributed by atoms with Crippen molar-refractivity contribution in [3.63, 3.8) is 0 Å². The zero-order valence-electron chi connectivity index (χ0n) is 19.0. The minimum Gasteiger partial charge on any atom is -0.454 e. The van der Waals surface area contributed by atoms with Gasteiger partial charge in [0, 0.05) is 35.6 Å². The van der Waals surface area contributed by atoms with E-state index in [4.69, 9.17) is 20.6 Å². The van der Waals surface area contributed by atoms with Crippen LogP contribution in [0.1, 0.15) is 43.5 Å². The smallest absolute Gasteiger partial charge is 0.231 e. The molecule has 0 aromatic heterocycles. The SMILES string of the molecule is C[C@H]1[C@H]2[C@@H](C(=O)N1Cc1ccc3c(c1)OCO3)[C@@H](c1ccc(C(=N)N)cc1)N(C)C2(C)C. The Balaban J connectivity index is 1.47. The molecule has 5 rings (SSSR count). The van der Waals surface area contributed by atoms with Gasteiger partial charge in [-0.3, -0.25) is 15.1 Å². The van der Waals surface area contributed by atoms with E-state index >= 15 is 0 Å². The Labute approximate surface area is 188 Å². The lowest BCUT2D eigenvalue weighted by molar-refractivity contribution is -0.133. The topological polar surface area (TPSA) is 91.9 Å². The van der Waals surface area contributed by atoms with Crippen LogP contribution in [-0.4, -0.2) is 47.0 Å². The molecule has 0 bridgehead atoms. The molecule has 4 atom stereocenters. The van der Waals surface area contributed by atoms with Crippen molar-refractivity contribution in [2.45, 2.75) is 44.9 Å². The molecule has 3 heterocycles. The highest BCUT2D eigenvalue weighted by molar-refractivity contribution is 5.95. The van der Waals surface area contributed by atoms with Crippen molar-refractivity contribution in [2.75, 3.05) is 13.8 Å². The largest absolute Gasteiger partial charge is 0.454 e. The molecule has 3 aliphatic rings. The molecule has 3 N–H and O–H groups in total.